The molecule has 0 saturated heterocycles. The third kappa shape index (κ3) is 2.77. The van der Waals surface area contributed by atoms with Crippen LogP contribution in [0.1, 0.15) is 12.8 Å². The molecule has 0 aromatic rings. The fraction of sp³-hybridized carbons (Fsp3) is 0.750. The molecule has 2 nitrogen and oxygen atoms in total. The van der Waals surface area contributed by atoms with Gasteiger partial charge in [0.15, 0.2) is 0 Å². The van der Waals surface area contributed by atoms with E-state index in [9.17, 15) is 4.79 Å². The predicted molar refractivity (Wildman–Crippen MR) is 26.1 cm³/mol. The van der Waals surface area contributed by atoms with Crippen LogP contribution in [0.15, 0.2) is 0 Å². The van der Waals surface area contributed by atoms with Gasteiger partial charge in [-0.3, -0.25) is 4.79 Å². The normalized spacial score (nSPS) is 17.7. The third-order valence-corrected chi connectivity index (χ3v) is 0.927. The van der Waals surface area contributed by atoms with Crippen molar-refractivity contribution in [2.75, 3.05) is 0 Å². The molecule has 0 radical (unpaired) electrons. The Morgan fingerprint density at radius 2 is 2.00 bits per heavy atom. The van der Waals surface area contributed by atoms with Crippen molar-refractivity contribution in [2.45, 2.75) is 12.8 Å². The molecule has 0 aromatic carbocycles. The van der Waals surface area contributed by atoms with Crippen LogP contribution in [0, 0.1) is 5.92 Å². The van der Waals surface area contributed by atoms with Crippen LogP contribution < -0.4 is 0 Å². The molecular weight excluding hydrogens is 217 g/mol. The quantitative estimate of drug-likeness (QED) is 0.640. The zero-order chi connectivity index (χ0) is 4.57. The van der Waals surface area contributed by atoms with Crippen molar-refractivity contribution in [1.29, 1.82) is 0 Å². The molecule has 1 aliphatic carbocycles. The van der Waals surface area contributed by atoms with Gasteiger partial charge in [-0.2, -0.15) is 0 Å². The van der Waals surface area contributed by atoms with E-state index in [1.165, 1.54) is 0 Å². The Morgan fingerprint density at radius 3 is 2.00 bits per heavy atom. The number of hydrogen-bond acceptors (Lipinski definition) is 1. The van der Waals surface area contributed by atoms with Crippen LogP contribution in [0.2, 0.25) is 0 Å². The van der Waals surface area contributed by atoms with Crippen molar-refractivity contribution < 1.29 is 9.90 Å². The summed E-state index contributed by atoms with van der Waals surface area (Å²) in [4.78, 5) is 9.76. The third-order valence-electron chi connectivity index (χ3n) is 0.927. The molecule has 0 spiro atoms. The Labute approximate surface area is 82.4 Å². The van der Waals surface area contributed by atoms with Crippen LogP contribution in [-0.4, -0.2) is 60.0 Å². The van der Waals surface area contributed by atoms with Gasteiger partial charge in [-0.25, -0.2) is 0 Å². The Balaban J connectivity index is 0.000000360. The zero-order valence-electron chi connectivity index (χ0n) is 4.05. The van der Waals surface area contributed by atoms with Crippen molar-refractivity contribution in [1.82, 2.24) is 0 Å². The zero-order valence-corrected chi connectivity index (χ0v) is 8.49. The summed E-state index contributed by atoms with van der Waals surface area (Å²) in [6.45, 7) is 0. The van der Waals surface area contributed by atoms with Gasteiger partial charge in [0, 0.05) is 0 Å². The first-order valence-corrected chi connectivity index (χ1v) is 2.03. The molecule has 0 bridgehead atoms. The molecule has 0 unspecified atom stereocenters. The number of carbonyl (C=O) groups is 1. The molecule has 1 N–H and O–H groups in total. The maximum Gasteiger partial charge on any atom is 2.00 e. The summed E-state index contributed by atoms with van der Waals surface area (Å²) in [5.41, 5.74) is 0. The molecule has 1 saturated carbocycles. The molecule has 1 fully saturated rings. The maximum atomic E-state index is 9.76. The smallest absolute Gasteiger partial charge is 0.481 e. The van der Waals surface area contributed by atoms with Gasteiger partial charge in [0.2, 0.25) is 0 Å². The summed E-state index contributed by atoms with van der Waals surface area (Å²) >= 11 is 0. The summed E-state index contributed by atoms with van der Waals surface area (Å²) in [5, 5.41) is 8.05. The molecule has 0 atom stereocenters. The Morgan fingerprint density at radius 1 is 1.57 bits per heavy atom. The van der Waals surface area contributed by atoms with Crippen molar-refractivity contribution in [2.24, 2.45) is 5.92 Å². The molecule has 0 aromatic heterocycles. The van der Waals surface area contributed by atoms with Gasteiger partial charge in [-0.1, -0.05) is 0 Å². The largest absolute Gasteiger partial charge is 2.00 e. The van der Waals surface area contributed by atoms with Gasteiger partial charge < -0.3 is 5.11 Å². The van der Waals surface area contributed by atoms with Gasteiger partial charge in [0.25, 0.3) is 0 Å². The fourth-order valence-corrected chi connectivity index (χ4v) is 0.330. The molecule has 34 valence electrons. The van der Waals surface area contributed by atoms with E-state index in [1.807, 2.05) is 0 Å². The average molecular weight is 223 g/mol. The SMILES string of the molecule is O=C(O)C1CC1.[Ba+2]. The van der Waals surface area contributed by atoms with Crippen molar-refractivity contribution in [3.05, 3.63) is 0 Å². The van der Waals surface area contributed by atoms with Gasteiger partial charge in [-0.05, 0) is 12.8 Å². The second kappa shape index (κ2) is 3.14. The van der Waals surface area contributed by atoms with Crippen molar-refractivity contribution >= 4 is 54.9 Å². The molecule has 0 amide bonds. The van der Waals surface area contributed by atoms with E-state index in [1.54, 1.807) is 0 Å². The first-order valence-electron chi connectivity index (χ1n) is 2.03. The standard InChI is InChI=1S/C4H6O2.Ba/c5-4(6)3-1-2-3;/h3H,1-2H2,(H,5,6);/q;+2. The molecule has 1 aliphatic rings. The Bertz CT molecular complexity index is 77.8. The van der Waals surface area contributed by atoms with E-state index < -0.39 is 5.97 Å². The number of rotatable bonds is 1. The summed E-state index contributed by atoms with van der Waals surface area (Å²) in [5.74, 6) is -0.611. The van der Waals surface area contributed by atoms with Crippen LogP contribution in [-0.2, 0) is 4.79 Å². The van der Waals surface area contributed by atoms with Gasteiger partial charge in [0.05, 0.1) is 5.92 Å². The molecule has 0 heterocycles. The van der Waals surface area contributed by atoms with E-state index >= 15 is 0 Å². The number of carboxylic acids is 1. The summed E-state index contributed by atoms with van der Waals surface area (Å²) in [6.07, 6.45) is 1.80. The summed E-state index contributed by atoms with van der Waals surface area (Å²) < 4.78 is 0. The minimum Gasteiger partial charge on any atom is -0.481 e. The van der Waals surface area contributed by atoms with E-state index in [0.717, 1.165) is 12.8 Å². The van der Waals surface area contributed by atoms with Gasteiger partial charge in [-0.15, -0.1) is 0 Å². The van der Waals surface area contributed by atoms with Crippen molar-refractivity contribution in [3.8, 4) is 0 Å². The topological polar surface area (TPSA) is 37.3 Å². The minimum atomic E-state index is -0.630. The summed E-state index contributed by atoms with van der Waals surface area (Å²) in [7, 11) is 0. The van der Waals surface area contributed by atoms with Gasteiger partial charge >= 0.3 is 54.9 Å². The van der Waals surface area contributed by atoms with Crippen LogP contribution in [0.5, 0.6) is 0 Å². The molecule has 0 aliphatic heterocycles. The van der Waals surface area contributed by atoms with Crippen LogP contribution >= 0.6 is 0 Å². The van der Waals surface area contributed by atoms with Crippen LogP contribution in [0.25, 0.3) is 0 Å². The molecule has 7 heavy (non-hydrogen) atoms. The number of carboxylic acid groups (broad SMARTS) is 1. The van der Waals surface area contributed by atoms with Crippen LogP contribution in [0.3, 0.4) is 0 Å². The molecule has 1 rings (SSSR count). The Hall–Kier alpha value is 1.04. The molecule has 3 heteroatoms. The second-order valence-electron chi connectivity index (χ2n) is 1.61. The maximum absolute atomic E-state index is 9.76. The van der Waals surface area contributed by atoms with Gasteiger partial charge in [0.1, 0.15) is 0 Å². The first-order chi connectivity index (χ1) is 2.80. The van der Waals surface area contributed by atoms with E-state index in [4.69, 9.17) is 5.11 Å². The first kappa shape index (κ1) is 8.04. The van der Waals surface area contributed by atoms with E-state index in [-0.39, 0.29) is 54.8 Å². The Kier molecular flexibility index (Phi) is 3.61. The predicted octanol–water partition coefficient (Wildman–Crippen LogP) is 0.100. The number of hydrogen-bond donors (Lipinski definition) is 1. The average Bonchev–Trinajstić information content (AvgIpc) is 2.06. The van der Waals surface area contributed by atoms with Crippen molar-refractivity contribution in [3.63, 3.8) is 0 Å². The molecular formula is C4H6BaO2+2. The summed E-state index contributed by atoms with van der Waals surface area (Å²) in [6, 6.07) is 0. The van der Waals surface area contributed by atoms with E-state index in [2.05, 4.69) is 0 Å². The second-order valence-corrected chi connectivity index (χ2v) is 1.61. The monoisotopic (exact) mass is 224 g/mol. The minimum absolute atomic E-state index is 0. The fourth-order valence-electron chi connectivity index (χ4n) is 0.330. The van der Waals surface area contributed by atoms with E-state index in [0.29, 0.717) is 0 Å². The number of aliphatic carboxylic acids is 1. The van der Waals surface area contributed by atoms with Crippen LogP contribution in [0.4, 0.5) is 0 Å².